The number of imidazole rings is 1. The lowest BCUT2D eigenvalue weighted by molar-refractivity contribution is 0.131. The smallest absolute Gasteiger partial charge is 0.0945 e. The van der Waals surface area contributed by atoms with Gasteiger partial charge in [-0.25, -0.2) is 4.98 Å². The summed E-state index contributed by atoms with van der Waals surface area (Å²) in [5.74, 6) is 0. The Balaban J connectivity index is 1.85. The molecule has 0 unspecified atom stereocenters. The summed E-state index contributed by atoms with van der Waals surface area (Å²) < 4.78 is 7.50. The molecule has 4 heteroatoms. The Kier molecular flexibility index (Phi) is 6.02. The minimum absolute atomic E-state index is 0.803. The van der Waals surface area contributed by atoms with Crippen molar-refractivity contribution in [3.63, 3.8) is 0 Å². The second-order valence-corrected chi connectivity index (χ2v) is 3.12. The number of rotatable bonds is 8. The first-order valence-electron chi connectivity index (χ1n) is 5.17. The fourth-order valence-corrected chi connectivity index (χ4v) is 1.19. The first kappa shape index (κ1) is 11.2. The summed E-state index contributed by atoms with van der Waals surface area (Å²) in [7, 11) is 0. The molecule has 1 aromatic rings. The average molecular weight is 197 g/mol. The fraction of sp³-hybridized carbons (Fsp3) is 0.700. The van der Waals surface area contributed by atoms with Gasteiger partial charge in [0.1, 0.15) is 0 Å². The number of likely N-dealkylation sites (N-methyl/N-ethyl adjacent to an activating group) is 1. The molecule has 0 aliphatic heterocycles. The quantitative estimate of drug-likeness (QED) is 0.629. The van der Waals surface area contributed by atoms with Crippen LogP contribution in [0.5, 0.6) is 0 Å². The minimum atomic E-state index is 0.803. The normalized spacial score (nSPS) is 10.6. The van der Waals surface area contributed by atoms with Gasteiger partial charge in [-0.05, 0) is 13.0 Å². The molecule has 0 radical (unpaired) electrons. The molecule has 4 nitrogen and oxygen atoms in total. The highest BCUT2D eigenvalue weighted by atomic mass is 16.5. The van der Waals surface area contributed by atoms with E-state index in [1.807, 2.05) is 12.5 Å². The molecule has 80 valence electrons. The number of nitrogens with one attached hydrogen (secondary N) is 1. The lowest BCUT2D eigenvalue weighted by Crippen LogP contribution is -2.19. The highest BCUT2D eigenvalue weighted by Gasteiger charge is 1.91. The molecule has 1 N–H and O–H groups in total. The predicted molar refractivity (Wildman–Crippen MR) is 56.2 cm³/mol. The Morgan fingerprint density at radius 3 is 3.07 bits per heavy atom. The van der Waals surface area contributed by atoms with Crippen molar-refractivity contribution in [1.29, 1.82) is 0 Å². The van der Waals surface area contributed by atoms with E-state index in [1.165, 1.54) is 0 Å². The lowest BCUT2D eigenvalue weighted by Gasteiger charge is -2.04. The molecule has 0 amide bonds. The third-order valence-corrected chi connectivity index (χ3v) is 1.94. The van der Waals surface area contributed by atoms with E-state index in [2.05, 4.69) is 21.8 Å². The number of aromatic nitrogens is 2. The van der Waals surface area contributed by atoms with Gasteiger partial charge in [-0.1, -0.05) is 6.92 Å². The van der Waals surface area contributed by atoms with Gasteiger partial charge in [-0.2, -0.15) is 0 Å². The van der Waals surface area contributed by atoms with Gasteiger partial charge in [0, 0.05) is 32.1 Å². The van der Waals surface area contributed by atoms with Gasteiger partial charge in [0.2, 0.25) is 0 Å². The molecule has 0 aliphatic rings. The highest BCUT2D eigenvalue weighted by molar-refractivity contribution is 4.73. The van der Waals surface area contributed by atoms with Gasteiger partial charge in [0.05, 0.1) is 12.9 Å². The second kappa shape index (κ2) is 7.53. The minimum Gasteiger partial charge on any atom is -0.380 e. The van der Waals surface area contributed by atoms with Gasteiger partial charge in [0.25, 0.3) is 0 Å². The van der Waals surface area contributed by atoms with E-state index >= 15 is 0 Å². The number of hydrogen-bond donors (Lipinski definition) is 1. The zero-order chi connectivity index (χ0) is 10.1. The van der Waals surface area contributed by atoms with E-state index in [0.717, 1.165) is 39.3 Å². The summed E-state index contributed by atoms with van der Waals surface area (Å²) in [5, 5.41) is 3.21. The van der Waals surface area contributed by atoms with Crippen molar-refractivity contribution in [1.82, 2.24) is 14.9 Å². The molecular formula is C10H19N3O. The number of nitrogens with zero attached hydrogens (tertiary/aromatic N) is 2. The van der Waals surface area contributed by atoms with Crippen molar-refractivity contribution < 1.29 is 4.74 Å². The third kappa shape index (κ3) is 4.99. The molecule has 0 aromatic carbocycles. The van der Waals surface area contributed by atoms with E-state index in [-0.39, 0.29) is 0 Å². The van der Waals surface area contributed by atoms with Crippen LogP contribution in [0, 0.1) is 0 Å². The molecule has 0 fully saturated rings. The van der Waals surface area contributed by atoms with Crippen molar-refractivity contribution in [3.05, 3.63) is 18.7 Å². The molecule has 0 saturated carbocycles. The van der Waals surface area contributed by atoms with Crippen LogP contribution in [-0.2, 0) is 11.3 Å². The van der Waals surface area contributed by atoms with Crippen LogP contribution in [0.4, 0.5) is 0 Å². The summed E-state index contributed by atoms with van der Waals surface area (Å²) in [6, 6.07) is 0. The monoisotopic (exact) mass is 197 g/mol. The standard InChI is InChI=1S/C10H19N3O/c1-2-11-5-9-14-8-3-6-13-7-4-12-10-13/h4,7,10-11H,2-3,5-6,8-9H2,1H3. The lowest BCUT2D eigenvalue weighted by atomic mass is 10.4. The van der Waals surface area contributed by atoms with Crippen LogP contribution in [-0.4, -0.2) is 35.9 Å². The van der Waals surface area contributed by atoms with E-state index in [1.54, 1.807) is 6.20 Å². The Hall–Kier alpha value is -0.870. The molecule has 0 spiro atoms. The summed E-state index contributed by atoms with van der Waals surface area (Å²) in [4.78, 5) is 3.97. The topological polar surface area (TPSA) is 39.1 Å². The molecule has 0 aliphatic carbocycles. The van der Waals surface area contributed by atoms with Crippen molar-refractivity contribution >= 4 is 0 Å². The molecule has 14 heavy (non-hydrogen) atoms. The van der Waals surface area contributed by atoms with Crippen molar-refractivity contribution in [2.24, 2.45) is 0 Å². The second-order valence-electron chi connectivity index (χ2n) is 3.12. The summed E-state index contributed by atoms with van der Waals surface area (Å²) >= 11 is 0. The molecule has 1 rings (SSSR count). The zero-order valence-corrected chi connectivity index (χ0v) is 8.78. The SMILES string of the molecule is CCNCCOCCCn1ccnc1. The third-order valence-electron chi connectivity index (χ3n) is 1.94. The van der Waals surface area contributed by atoms with Crippen molar-refractivity contribution in [2.45, 2.75) is 19.9 Å². The fourth-order valence-electron chi connectivity index (χ4n) is 1.19. The molecule has 1 heterocycles. The van der Waals surface area contributed by atoms with E-state index in [4.69, 9.17) is 4.74 Å². The Bertz CT molecular complexity index is 211. The van der Waals surface area contributed by atoms with Gasteiger partial charge in [0.15, 0.2) is 0 Å². The van der Waals surface area contributed by atoms with Crippen LogP contribution < -0.4 is 5.32 Å². The van der Waals surface area contributed by atoms with Crippen LogP contribution in [0.3, 0.4) is 0 Å². The van der Waals surface area contributed by atoms with Crippen molar-refractivity contribution in [2.75, 3.05) is 26.3 Å². The molecular weight excluding hydrogens is 178 g/mol. The highest BCUT2D eigenvalue weighted by Crippen LogP contribution is 1.90. The molecule has 0 saturated heterocycles. The number of hydrogen-bond acceptors (Lipinski definition) is 3. The Labute approximate surface area is 85.3 Å². The van der Waals surface area contributed by atoms with Gasteiger partial charge in [-0.3, -0.25) is 0 Å². The number of ether oxygens (including phenoxy) is 1. The molecule has 1 aromatic heterocycles. The van der Waals surface area contributed by atoms with Crippen LogP contribution in [0.15, 0.2) is 18.7 Å². The summed E-state index contributed by atoms with van der Waals surface area (Å²) in [6.45, 7) is 6.67. The van der Waals surface area contributed by atoms with Gasteiger partial charge >= 0.3 is 0 Å². The van der Waals surface area contributed by atoms with Gasteiger partial charge < -0.3 is 14.6 Å². The predicted octanol–water partition coefficient (Wildman–Crippen LogP) is 0.899. The van der Waals surface area contributed by atoms with Crippen LogP contribution in [0.25, 0.3) is 0 Å². The largest absolute Gasteiger partial charge is 0.380 e. The van der Waals surface area contributed by atoms with Crippen molar-refractivity contribution in [3.8, 4) is 0 Å². The average Bonchev–Trinajstić information content (AvgIpc) is 2.69. The van der Waals surface area contributed by atoms with E-state index < -0.39 is 0 Å². The Morgan fingerprint density at radius 1 is 1.43 bits per heavy atom. The maximum atomic E-state index is 5.44. The first-order chi connectivity index (χ1) is 6.93. The summed E-state index contributed by atoms with van der Waals surface area (Å²) in [5.41, 5.74) is 0. The van der Waals surface area contributed by atoms with E-state index in [0.29, 0.717) is 0 Å². The van der Waals surface area contributed by atoms with Crippen LogP contribution in [0.1, 0.15) is 13.3 Å². The molecule has 0 bridgehead atoms. The van der Waals surface area contributed by atoms with Crippen LogP contribution >= 0.6 is 0 Å². The Morgan fingerprint density at radius 2 is 2.36 bits per heavy atom. The van der Waals surface area contributed by atoms with E-state index in [9.17, 15) is 0 Å². The molecule has 0 atom stereocenters. The number of aryl methyl sites for hydroxylation is 1. The van der Waals surface area contributed by atoms with Gasteiger partial charge in [-0.15, -0.1) is 0 Å². The first-order valence-corrected chi connectivity index (χ1v) is 5.17. The maximum absolute atomic E-state index is 5.44. The maximum Gasteiger partial charge on any atom is 0.0945 e. The van der Waals surface area contributed by atoms with Crippen LogP contribution in [0.2, 0.25) is 0 Å². The zero-order valence-electron chi connectivity index (χ0n) is 8.78. The summed E-state index contributed by atoms with van der Waals surface area (Å²) in [6.07, 6.45) is 6.64.